The Kier molecular flexibility index (Phi) is 12.5. The summed E-state index contributed by atoms with van der Waals surface area (Å²) in [6.07, 6.45) is 19.6. The van der Waals surface area contributed by atoms with E-state index >= 15 is 0 Å². The van der Waals surface area contributed by atoms with Gasteiger partial charge in [0.15, 0.2) is 0 Å². The molecular weight excluding hydrogens is 1060 g/mol. The van der Waals surface area contributed by atoms with Crippen molar-refractivity contribution >= 4 is 0 Å². The molecule has 0 heterocycles. The van der Waals surface area contributed by atoms with Crippen LogP contribution in [0, 0.1) is 0 Å². The quantitative estimate of drug-likeness (QED) is 0.142. The SMILES string of the molecule is c1ccc2c(c1)Cc1c-2ccc2c1-c1ccccc1C2.c1ccc2c(c1)Cc1c-2ccc2c1CCC2.c1ccc2c(c1)Cc1cc3c(cc1-2)CCC3.c1ccc2c(c1)Cc1ccc3c(c1-2)-c1ccccc1C3.c1ccc2c(c1)Cc1ccc3c(c1-2)CCC3. The molecule has 12 aromatic carbocycles. The zero-order chi connectivity index (χ0) is 57.8. The fourth-order valence-electron chi connectivity index (χ4n) is 17.6. The number of hydrogen-bond acceptors (Lipinski definition) is 0. The molecule has 0 atom stereocenters. The molecule has 0 heteroatoms. The fourth-order valence-corrected chi connectivity index (χ4v) is 17.6. The van der Waals surface area contributed by atoms with E-state index in [1.54, 1.807) is 55.6 Å². The van der Waals surface area contributed by atoms with E-state index in [0.29, 0.717) is 0 Å². The first-order valence-corrected chi connectivity index (χ1v) is 32.9. The van der Waals surface area contributed by atoms with Gasteiger partial charge in [0, 0.05) is 0 Å². The van der Waals surface area contributed by atoms with Crippen molar-refractivity contribution in [3.63, 3.8) is 0 Å². The van der Waals surface area contributed by atoms with Gasteiger partial charge in [0.05, 0.1) is 0 Å². The summed E-state index contributed by atoms with van der Waals surface area (Å²) in [5.41, 5.74) is 51.5. The maximum atomic E-state index is 2.46. The molecule has 0 nitrogen and oxygen atoms in total. The topological polar surface area (TPSA) is 0 Å². The van der Waals surface area contributed by atoms with Gasteiger partial charge in [0.1, 0.15) is 0 Å². The first-order valence-electron chi connectivity index (χ1n) is 32.9. The average molecular weight is 1130 g/mol. The summed E-state index contributed by atoms with van der Waals surface area (Å²) in [6.45, 7) is 0. The Hall–Kier alpha value is -9.36. The monoisotopic (exact) mass is 1130 g/mol. The van der Waals surface area contributed by atoms with Crippen LogP contribution in [0.2, 0.25) is 0 Å². The lowest BCUT2D eigenvalue weighted by Crippen LogP contribution is -1.91. The maximum Gasteiger partial charge on any atom is -0.000718 e. The van der Waals surface area contributed by atoms with Crippen molar-refractivity contribution in [2.45, 2.75) is 103 Å². The molecule has 88 heavy (non-hydrogen) atoms. The van der Waals surface area contributed by atoms with Crippen LogP contribution in [0.4, 0.5) is 0 Å². The average Bonchev–Trinajstić information content (AvgIpc) is 1.83. The molecule has 0 N–H and O–H groups in total. The van der Waals surface area contributed by atoms with Crippen LogP contribution in [0.15, 0.2) is 231 Å². The normalized spacial score (nSPS) is 14.8. The highest BCUT2D eigenvalue weighted by Crippen LogP contribution is 2.51. The van der Waals surface area contributed by atoms with Gasteiger partial charge in [-0.2, -0.15) is 0 Å². The van der Waals surface area contributed by atoms with E-state index in [-0.39, 0.29) is 0 Å². The zero-order valence-electron chi connectivity index (χ0n) is 50.3. The Balaban J connectivity index is 0.0000000828. The molecule has 10 aliphatic carbocycles. The van der Waals surface area contributed by atoms with Gasteiger partial charge in [-0.3, -0.25) is 0 Å². The lowest BCUT2D eigenvalue weighted by atomic mass is 9.94. The second-order valence-corrected chi connectivity index (χ2v) is 26.4. The lowest BCUT2D eigenvalue weighted by molar-refractivity contribution is 0.908. The first-order chi connectivity index (χ1) is 43.6. The smallest absolute Gasteiger partial charge is 0.000718 e. The van der Waals surface area contributed by atoms with Gasteiger partial charge in [-0.15, -0.1) is 0 Å². The highest BCUT2D eigenvalue weighted by atomic mass is 14.3. The highest BCUT2D eigenvalue weighted by molar-refractivity contribution is 5.95. The minimum atomic E-state index is 1.08. The predicted octanol–water partition coefficient (Wildman–Crippen LogP) is 20.9. The van der Waals surface area contributed by atoms with E-state index in [0.717, 1.165) is 44.9 Å². The summed E-state index contributed by atoms with van der Waals surface area (Å²) in [5.74, 6) is 0. The Morgan fingerprint density at radius 2 is 0.455 bits per heavy atom. The molecule has 10 aliphatic rings. The van der Waals surface area contributed by atoms with E-state index in [1.807, 2.05) is 0 Å². The molecule has 0 amide bonds. The minimum Gasteiger partial charge on any atom is -0.0619 e. The van der Waals surface area contributed by atoms with Crippen LogP contribution in [-0.4, -0.2) is 0 Å². The van der Waals surface area contributed by atoms with Crippen LogP contribution in [0.5, 0.6) is 0 Å². The zero-order valence-corrected chi connectivity index (χ0v) is 50.3. The Bertz CT molecular complexity index is 4780. The molecule has 22 rings (SSSR count). The summed E-state index contributed by atoms with van der Waals surface area (Å²) in [7, 11) is 0. The lowest BCUT2D eigenvalue weighted by Gasteiger charge is -2.10. The first kappa shape index (κ1) is 51.8. The third-order valence-electron chi connectivity index (χ3n) is 21.6. The number of fused-ring (bicyclic) bond motifs is 28. The van der Waals surface area contributed by atoms with E-state index in [1.165, 1.54) is 191 Å². The van der Waals surface area contributed by atoms with Crippen molar-refractivity contribution in [1.29, 1.82) is 0 Å². The van der Waals surface area contributed by atoms with E-state index in [4.69, 9.17) is 0 Å². The third-order valence-corrected chi connectivity index (χ3v) is 21.6. The second kappa shape index (κ2) is 21.2. The molecule has 0 aliphatic heterocycles. The summed E-state index contributed by atoms with van der Waals surface area (Å²) >= 11 is 0. The Labute approximate surface area is 519 Å². The molecule has 0 saturated heterocycles. The van der Waals surface area contributed by atoms with Crippen molar-refractivity contribution in [2.75, 3.05) is 0 Å². The van der Waals surface area contributed by atoms with Gasteiger partial charge >= 0.3 is 0 Å². The van der Waals surface area contributed by atoms with Gasteiger partial charge in [-0.05, 0) is 292 Å². The van der Waals surface area contributed by atoms with E-state index < -0.39 is 0 Å². The van der Waals surface area contributed by atoms with Crippen LogP contribution in [-0.2, 0) is 83.5 Å². The van der Waals surface area contributed by atoms with Crippen molar-refractivity contribution in [1.82, 2.24) is 0 Å². The van der Waals surface area contributed by atoms with E-state index in [2.05, 4.69) is 231 Å². The third kappa shape index (κ3) is 8.61. The molecule has 0 saturated carbocycles. The second-order valence-electron chi connectivity index (χ2n) is 26.4. The number of rotatable bonds is 0. The van der Waals surface area contributed by atoms with Crippen molar-refractivity contribution < 1.29 is 0 Å². The molecule has 422 valence electrons. The van der Waals surface area contributed by atoms with Crippen LogP contribution in [0.25, 0.3) is 77.9 Å². The van der Waals surface area contributed by atoms with Crippen molar-refractivity contribution in [3.05, 3.63) is 342 Å². The van der Waals surface area contributed by atoms with Crippen LogP contribution >= 0.6 is 0 Å². The molecule has 0 aromatic heterocycles. The molecule has 0 spiro atoms. The molecule has 12 aromatic rings. The van der Waals surface area contributed by atoms with Gasteiger partial charge in [0.25, 0.3) is 0 Å². The standard InChI is InChI=1S/2C20H14.3C16H14/c1-3-7-16-14(6-1)12-19-18(16)10-9-15-11-13-5-2-4-8-17(13)20(15)19;1-3-7-17-13(5-1)11-15-9-10-16-12-14-6-2-4-8-18(14)20(16)19(15)17;1-2-7-15-13(4-1)9-14-8-11-5-3-6-12(11)10-16(14)15;1-2-6-15-12(4-1)10-13-9-8-11-5-3-7-14(11)16(13)15;1-2-6-14-12(4-1)10-16-13-7-3-5-11(13)8-9-15(14)16/h2*1-10H,11-12H2;1-2,4,7-8,10H,3,5-6,9H2;2*1-2,4,6,8-9H,3,5,7,10H2. The number of aryl methyl sites for hydroxylation is 4. The van der Waals surface area contributed by atoms with Gasteiger partial charge in [-0.25, -0.2) is 0 Å². The predicted molar refractivity (Wildman–Crippen MR) is 366 cm³/mol. The molecular formula is C88H70. The molecule has 0 radical (unpaired) electrons. The summed E-state index contributed by atoms with van der Waals surface area (Å²) < 4.78 is 0. The fraction of sp³-hybridized carbons (Fsp3) is 0.182. The largest absolute Gasteiger partial charge is 0.0619 e. The van der Waals surface area contributed by atoms with Gasteiger partial charge in [-0.1, -0.05) is 231 Å². The summed E-state index contributed by atoms with van der Waals surface area (Å²) in [5, 5.41) is 0. The Morgan fingerprint density at radius 3 is 0.977 bits per heavy atom. The molecule has 0 unspecified atom stereocenters. The molecule has 0 bridgehead atoms. The number of hydrogen-bond donors (Lipinski definition) is 0. The summed E-state index contributed by atoms with van der Waals surface area (Å²) in [4.78, 5) is 0. The molecule has 0 fully saturated rings. The van der Waals surface area contributed by atoms with Gasteiger partial charge in [0.2, 0.25) is 0 Å². The Morgan fingerprint density at radius 1 is 0.148 bits per heavy atom. The van der Waals surface area contributed by atoms with Crippen molar-refractivity contribution in [2.24, 2.45) is 0 Å². The minimum absolute atomic E-state index is 1.08. The highest BCUT2D eigenvalue weighted by Gasteiger charge is 2.31. The maximum absolute atomic E-state index is 2.46. The van der Waals surface area contributed by atoms with Crippen molar-refractivity contribution in [3.8, 4) is 77.9 Å². The number of benzene rings is 12. The van der Waals surface area contributed by atoms with Crippen LogP contribution in [0.3, 0.4) is 0 Å². The van der Waals surface area contributed by atoms with E-state index in [9.17, 15) is 0 Å². The van der Waals surface area contributed by atoms with Gasteiger partial charge < -0.3 is 0 Å². The summed E-state index contributed by atoms with van der Waals surface area (Å²) in [6, 6.07) is 85.6. The van der Waals surface area contributed by atoms with Crippen LogP contribution in [0.1, 0.15) is 131 Å². The van der Waals surface area contributed by atoms with Crippen LogP contribution < -0.4 is 0 Å².